The predicted molar refractivity (Wildman–Crippen MR) is 56.7 cm³/mol. The fraction of sp³-hybridized carbons (Fsp3) is 0.182. The summed E-state index contributed by atoms with van der Waals surface area (Å²) in [6.45, 7) is 0. The first kappa shape index (κ1) is 12.6. The van der Waals surface area contributed by atoms with E-state index >= 15 is 0 Å². The van der Waals surface area contributed by atoms with Gasteiger partial charge in [0, 0.05) is 0 Å². The highest BCUT2D eigenvalue weighted by atomic mass is 16.3. The highest BCUT2D eigenvalue weighted by Crippen LogP contribution is 2.35. The van der Waals surface area contributed by atoms with Crippen molar-refractivity contribution in [3.8, 4) is 23.3 Å². The fourth-order valence-electron chi connectivity index (χ4n) is 1.31. The average molecular weight is 234 g/mol. The zero-order chi connectivity index (χ0) is 13.0. The number of hydrogen-bond donors (Lipinski definition) is 4. The van der Waals surface area contributed by atoms with E-state index in [1.54, 1.807) is 6.07 Å². The number of hydrogen-bond acceptors (Lipinski definition) is 5. The molecule has 0 fully saturated rings. The zero-order valence-electron chi connectivity index (χ0n) is 8.71. The molecule has 1 aromatic rings. The molecule has 0 saturated carbocycles. The van der Waals surface area contributed by atoms with Gasteiger partial charge in [-0.25, -0.2) is 0 Å². The van der Waals surface area contributed by atoms with E-state index in [2.05, 4.69) is 0 Å². The Morgan fingerprint density at radius 2 is 1.94 bits per heavy atom. The summed E-state index contributed by atoms with van der Waals surface area (Å²) < 4.78 is 0. The van der Waals surface area contributed by atoms with Crippen LogP contribution in [0, 0.1) is 24.3 Å². The highest BCUT2D eigenvalue weighted by molar-refractivity contribution is 5.81. The SMILES string of the molecule is [CH]NC(=O)C(C#N)Cc1cc(O)c(O)c(O)c1. The average Bonchev–Trinajstić information content (AvgIpc) is 2.31. The number of amides is 1. The van der Waals surface area contributed by atoms with Crippen molar-refractivity contribution in [2.45, 2.75) is 6.42 Å². The smallest absolute Gasteiger partial charge is 0.238 e. The number of rotatable bonds is 3. The number of carbonyl (C=O) groups excluding carboxylic acids is 1. The number of benzene rings is 1. The molecule has 1 rings (SSSR count). The zero-order valence-corrected chi connectivity index (χ0v) is 8.71. The van der Waals surface area contributed by atoms with E-state index in [9.17, 15) is 15.0 Å². The maximum Gasteiger partial charge on any atom is 0.238 e. The Kier molecular flexibility index (Phi) is 3.78. The second-order valence-electron chi connectivity index (χ2n) is 3.38. The summed E-state index contributed by atoms with van der Waals surface area (Å²) >= 11 is 0. The summed E-state index contributed by atoms with van der Waals surface area (Å²) in [4.78, 5) is 11.2. The first-order valence-electron chi connectivity index (χ1n) is 4.63. The summed E-state index contributed by atoms with van der Waals surface area (Å²) in [6, 6.07) is 4.05. The third-order valence-electron chi connectivity index (χ3n) is 2.18. The lowest BCUT2D eigenvalue weighted by Gasteiger charge is -2.09. The summed E-state index contributed by atoms with van der Waals surface area (Å²) in [5.41, 5.74) is 0.327. The molecule has 1 atom stereocenters. The first-order valence-corrected chi connectivity index (χ1v) is 4.63. The van der Waals surface area contributed by atoms with Crippen molar-refractivity contribution in [3.05, 3.63) is 24.7 Å². The first-order chi connectivity index (χ1) is 7.99. The summed E-state index contributed by atoms with van der Waals surface area (Å²) in [5.74, 6) is -3.40. The Labute approximate surface area is 97.7 Å². The number of phenolic OH excluding ortho intramolecular Hbond substituents is 3. The number of nitriles is 1. The summed E-state index contributed by atoms with van der Waals surface area (Å²) in [5, 5.41) is 38.2. The molecule has 0 saturated heterocycles. The molecule has 2 radical (unpaired) electrons. The molecule has 1 unspecified atom stereocenters. The number of aromatic hydroxyl groups is 3. The molecule has 4 N–H and O–H groups in total. The van der Waals surface area contributed by atoms with Crippen molar-refractivity contribution in [3.63, 3.8) is 0 Å². The predicted octanol–water partition coefficient (Wildman–Crippen LogP) is 0.270. The highest BCUT2D eigenvalue weighted by Gasteiger charge is 2.18. The quantitative estimate of drug-likeness (QED) is 0.443. The van der Waals surface area contributed by atoms with Gasteiger partial charge in [-0.1, -0.05) is 0 Å². The van der Waals surface area contributed by atoms with Crippen molar-refractivity contribution in [2.75, 3.05) is 0 Å². The van der Waals surface area contributed by atoms with Gasteiger partial charge in [-0.3, -0.25) is 4.79 Å². The summed E-state index contributed by atoms with van der Waals surface area (Å²) in [6.07, 6.45) is -0.0407. The topological polar surface area (TPSA) is 114 Å². The monoisotopic (exact) mass is 234 g/mol. The van der Waals surface area contributed by atoms with Gasteiger partial charge in [-0.05, 0) is 24.1 Å². The third kappa shape index (κ3) is 2.78. The van der Waals surface area contributed by atoms with Crippen LogP contribution in [0.25, 0.3) is 0 Å². The van der Waals surface area contributed by atoms with E-state index in [1.807, 2.05) is 5.32 Å². The van der Waals surface area contributed by atoms with Gasteiger partial charge >= 0.3 is 0 Å². The number of nitrogens with one attached hydrogen (secondary N) is 1. The Balaban J connectivity index is 2.96. The molecule has 88 valence electrons. The van der Waals surface area contributed by atoms with Gasteiger partial charge in [0.15, 0.2) is 17.2 Å². The van der Waals surface area contributed by atoms with Crippen molar-refractivity contribution >= 4 is 5.91 Å². The largest absolute Gasteiger partial charge is 0.504 e. The van der Waals surface area contributed by atoms with Gasteiger partial charge in [0.05, 0.1) is 13.1 Å². The third-order valence-corrected chi connectivity index (χ3v) is 2.18. The van der Waals surface area contributed by atoms with Crippen LogP contribution in [0.4, 0.5) is 0 Å². The maximum atomic E-state index is 11.2. The van der Waals surface area contributed by atoms with Gasteiger partial charge < -0.3 is 20.6 Å². The molecule has 0 aliphatic rings. The van der Waals surface area contributed by atoms with E-state index in [0.717, 1.165) is 12.1 Å². The van der Waals surface area contributed by atoms with Crippen LogP contribution in [-0.2, 0) is 11.2 Å². The Morgan fingerprint density at radius 1 is 1.41 bits per heavy atom. The lowest BCUT2D eigenvalue weighted by Crippen LogP contribution is -2.26. The number of nitrogens with zero attached hydrogens (tertiary/aromatic N) is 1. The molecule has 0 heterocycles. The molecule has 0 aliphatic heterocycles. The van der Waals surface area contributed by atoms with Crippen molar-refractivity contribution < 1.29 is 20.1 Å². The lowest BCUT2D eigenvalue weighted by molar-refractivity contribution is -0.122. The van der Waals surface area contributed by atoms with Crippen LogP contribution >= 0.6 is 0 Å². The Bertz CT molecular complexity index is 456. The molecule has 0 spiro atoms. The van der Waals surface area contributed by atoms with Gasteiger partial charge in [0.1, 0.15) is 5.92 Å². The molecular weight excluding hydrogens is 224 g/mol. The molecule has 6 nitrogen and oxygen atoms in total. The van der Waals surface area contributed by atoms with Crippen LogP contribution in [-0.4, -0.2) is 21.2 Å². The van der Waals surface area contributed by atoms with Crippen molar-refractivity contribution in [1.29, 1.82) is 5.26 Å². The van der Waals surface area contributed by atoms with Crippen LogP contribution in [0.15, 0.2) is 12.1 Å². The lowest BCUT2D eigenvalue weighted by atomic mass is 9.99. The van der Waals surface area contributed by atoms with Crippen LogP contribution in [0.1, 0.15) is 5.56 Å². The van der Waals surface area contributed by atoms with Gasteiger partial charge in [-0.2, -0.15) is 5.26 Å². The van der Waals surface area contributed by atoms with Crippen molar-refractivity contribution in [2.24, 2.45) is 5.92 Å². The molecule has 1 amide bonds. The molecule has 0 bridgehead atoms. The maximum absolute atomic E-state index is 11.2. The van der Waals surface area contributed by atoms with Crippen molar-refractivity contribution in [1.82, 2.24) is 5.32 Å². The molecule has 17 heavy (non-hydrogen) atoms. The Hall–Kier alpha value is -2.42. The minimum absolute atomic E-state index is 0.0407. The Morgan fingerprint density at radius 3 is 2.35 bits per heavy atom. The normalized spacial score (nSPS) is 11.5. The van der Waals surface area contributed by atoms with Crippen LogP contribution in [0.3, 0.4) is 0 Å². The minimum Gasteiger partial charge on any atom is -0.504 e. The number of phenols is 3. The second kappa shape index (κ2) is 5.07. The molecular formula is C11H10N2O4. The molecule has 0 aliphatic carbocycles. The van der Waals surface area contributed by atoms with Gasteiger partial charge in [0.2, 0.25) is 5.91 Å². The van der Waals surface area contributed by atoms with E-state index in [0.29, 0.717) is 5.56 Å². The second-order valence-corrected chi connectivity index (χ2v) is 3.38. The van der Waals surface area contributed by atoms with Gasteiger partial charge in [0.25, 0.3) is 0 Å². The summed E-state index contributed by atoms with van der Waals surface area (Å²) in [7, 11) is 4.90. The van der Waals surface area contributed by atoms with Crippen LogP contribution in [0.2, 0.25) is 0 Å². The van der Waals surface area contributed by atoms with E-state index < -0.39 is 29.1 Å². The van der Waals surface area contributed by atoms with E-state index in [4.69, 9.17) is 17.4 Å². The fourth-order valence-corrected chi connectivity index (χ4v) is 1.31. The molecule has 0 aromatic heterocycles. The van der Waals surface area contributed by atoms with Gasteiger partial charge in [-0.15, -0.1) is 0 Å². The molecule has 6 heteroatoms. The minimum atomic E-state index is -1.04. The standard InChI is InChI=1S/C11H10N2O4/c1-13-11(17)7(5-12)2-6-3-8(14)10(16)9(15)4-6/h1,3-4,7,14-16H,2H2,(H,13,17). The number of carbonyl (C=O) groups is 1. The van der Waals surface area contributed by atoms with Crippen LogP contribution < -0.4 is 5.32 Å². The van der Waals surface area contributed by atoms with Crippen LogP contribution in [0.5, 0.6) is 17.2 Å². The van der Waals surface area contributed by atoms with E-state index in [1.165, 1.54) is 0 Å². The van der Waals surface area contributed by atoms with E-state index in [-0.39, 0.29) is 6.42 Å². The molecule has 1 aromatic carbocycles.